The molecule has 2 aliphatic rings. The molecular formula is C23H25ClN2O4S. The van der Waals surface area contributed by atoms with E-state index in [9.17, 15) is 13.2 Å². The van der Waals surface area contributed by atoms with Gasteiger partial charge in [-0.1, -0.05) is 83.8 Å². The van der Waals surface area contributed by atoms with Crippen LogP contribution in [0.2, 0.25) is 0 Å². The number of amidine groups is 1. The molecule has 31 heavy (non-hydrogen) atoms. The van der Waals surface area contributed by atoms with Crippen molar-refractivity contribution in [2.45, 2.75) is 57.2 Å². The molecule has 0 spiro atoms. The Labute approximate surface area is 187 Å². The van der Waals surface area contributed by atoms with Crippen LogP contribution in [0.1, 0.15) is 59.7 Å². The molecule has 4 rings (SSSR count). The van der Waals surface area contributed by atoms with Crippen molar-refractivity contribution in [3.8, 4) is 0 Å². The van der Waals surface area contributed by atoms with Gasteiger partial charge in [0.25, 0.3) is 0 Å². The number of ketones is 1. The number of rotatable bonds is 5. The molecule has 8 heteroatoms. The van der Waals surface area contributed by atoms with Gasteiger partial charge in [-0.25, -0.2) is 0 Å². The highest BCUT2D eigenvalue weighted by Crippen LogP contribution is 2.39. The van der Waals surface area contributed by atoms with Crippen LogP contribution in [0.25, 0.3) is 0 Å². The quantitative estimate of drug-likeness (QED) is 0.473. The predicted octanol–water partition coefficient (Wildman–Crippen LogP) is 4.79. The third-order valence-corrected chi connectivity index (χ3v) is 6.51. The minimum atomic E-state index is -4.22. The molecule has 1 saturated carbocycles. The zero-order chi connectivity index (χ0) is 22.0. The summed E-state index contributed by atoms with van der Waals surface area (Å²) in [5.74, 6) is -0.128. The van der Waals surface area contributed by atoms with Gasteiger partial charge in [0.05, 0.1) is 0 Å². The maximum atomic E-state index is 13.7. The first-order valence-electron chi connectivity index (χ1n) is 10.5. The van der Waals surface area contributed by atoms with E-state index < -0.39 is 21.4 Å². The van der Waals surface area contributed by atoms with Crippen molar-refractivity contribution in [3.05, 3.63) is 71.3 Å². The van der Waals surface area contributed by atoms with Crippen LogP contribution in [0, 0.1) is 6.92 Å². The highest BCUT2D eigenvalue weighted by Gasteiger charge is 2.49. The number of aryl methyl sites for hydroxylation is 1. The van der Waals surface area contributed by atoms with Gasteiger partial charge in [0, 0.05) is 22.3 Å². The molecular weight excluding hydrogens is 436 g/mol. The van der Waals surface area contributed by atoms with Gasteiger partial charge < -0.3 is 9.64 Å². The summed E-state index contributed by atoms with van der Waals surface area (Å²) >= 11 is 0. The van der Waals surface area contributed by atoms with Crippen molar-refractivity contribution < 1.29 is 17.9 Å². The van der Waals surface area contributed by atoms with E-state index in [1.807, 2.05) is 49.4 Å². The van der Waals surface area contributed by atoms with Gasteiger partial charge in [-0.2, -0.15) is 8.42 Å². The molecule has 0 aromatic heterocycles. The van der Waals surface area contributed by atoms with Crippen LogP contribution >= 0.6 is 10.7 Å². The summed E-state index contributed by atoms with van der Waals surface area (Å²) < 4.78 is 33.4. The molecule has 1 aliphatic carbocycles. The predicted molar refractivity (Wildman–Crippen MR) is 120 cm³/mol. The zero-order valence-electron chi connectivity index (χ0n) is 17.3. The minimum Gasteiger partial charge on any atom is -0.453 e. The molecule has 0 N–H and O–H groups in total. The summed E-state index contributed by atoms with van der Waals surface area (Å²) in [4.78, 5) is 15.5. The average Bonchev–Trinajstić information content (AvgIpc) is 3.12. The molecule has 2 atom stereocenters. The first-order valence-corrected chi connectivity index (χ1v) is 12.8. The number of carbonyl (C=O) groups excluding carboxylic acids is 1. The molecule has 2 fully saturated rings. The summed E-state index contributed by atoms with van der Waals surface area (Å²) in [5.41, 5.74) is 2.39. The van der Waals surface area contributed by atoms with Crippen molar-refractivity contribution in [1.82, 2.24) is 4.90 Å². The van der Waals surface area contributed by atoms with E-state index in [1.165, 1.54) is 0 Å². The highest BCUT2D eigenvalue weighted by atomic mass is 35.7. The molecule has 1 saturated heterocycles. The fraction of sp³-hybridized carbons (Fsp3) is 0.391. The number of hydrogen-bond acceptors (Lipinski definition) is 4. The van der Waals surface area contributed by atoms with E-state index in [0.29, 0.717) is 5.56 Å². The Morgan fingerprint density at radius 2 is 1.68 bits per heavy atom. The van der Waals surface area contributed by atoms with E-state index in [4.69, 9.17) is 15.4 Å². The van der Waals surface area contributed by atoms with Crippen LogP contribution in [-0.2, 0) is 14.0 Å². The molecule has 2 aromatic carbocycles. The van der Waals surface area contributed by atoms with Crippen LogP contribution in [0.15, 0.2) is 59.0 Å². The summed E-state index contributed by atoms with van der Waals surface area (Å²) in [6.45, 7) is 1.96. The maximum Gasteiger partial charge on any atom is 0.344 e. The number of halogens is 1. The summed E-state index contributed by atoms with van der Waals surface area (Å²) in [5, 5.41) is 0. The van der Waals surface area contributed by atoms with E-state index >= 15 is 0 Å². The Morgan fingerprint density at radius 3 is 2.29 bits per heavy atom. The highest BCUT2D eigenvalue weighted by molar-refractivity contribution is 8.12. The molecule has 1 aliphatic heterocycles. The third kappa shape index (κ3) is 4.93. The number of benzene rings is 2. The second-order valence-electron chi connectivity index (χ2n) is 8.11. The lowest BCUT2D eigenvalue weighted by Gasteiger charge is -2.34. The van der Waals surface area contributed by atoms with Crippen molar-refractivity contribution in [1.29, 1.82) is 0 Å². The van der Waals surface area contributed by atoms with Gasteiger partial charge in [-0.05, 0) is 25.3 Å². The Morgan fingerprint density at radius 1 is 1.03 bits per heavy atom. The van der Waals surface area contributed by atoms with Crippen LogP contribution in [-0.4, -0.2) is 37.2 Å². The fourth-order valence-electron chi connectivity index (χ4n) is 4.45. The average molecular weight is 461 g/mol. The molecule has 0 radical (unpaired) electrons. The standard InChI is InChI=1S/C23H25ClN2O4S/c1-16-12-14-17(15-13-16)21(27)20-22(18-8-4-2-5-9-18)30-23(25-31(24,28)29)26(20)19-10-6-3-7-11-19/h2,4-5,8-9,12-15,19-20,22H,3,6-7,10-11H2,1H3/b25-23-. The third-order valence-electron chi connectivity index (χ3n) is 5.93. The lowest BCUT2D eigenvalue weighted by atomic mass is 9.89. The van der Waals surface area contributed by atoms with Gasteiger partial charge in [0.15, 0.2) is 11.9 Å². The number of carbonyl (C=O) groups is 1. The van der Waals surface area contributed by atoms with E-state index in [-0.39, 0.29) is 17.8 Å². The Hall–Kier alpha value is -2.38. The van der Waals surface area contributed by atoms with Crippen molar-refractivity contribution in [2.75, 3.05) is 0 Å². The van der Waals surface area contributed by atoms with Crippen LogP contribution in [0.5, 0.6) is 0 Å². The maximum absolute atomic E-state index is 13.7. The summed E-state index contributed by atoms with van der Waals surface area (Å²) in [6.07, 6.45) is 4.11. The van der Waals surface area contributed by atoms with Gasteiger partial charge in [-0.3, -0.25) is 4.79 Å². The molecule has 1 heterocycles. The molecule has 2 unspecified atom stereocenters. The van der Waals surface area contributed by atoms with Crippen molar-refractivity contribution >= 4 is 31.7 Å². The first-order chi connectivity index (χ1) is 14.8. The van der Waals surface area contributed by atoms with E-state index in [0.717, 1.165) is 43.2 Å². The monoisotopic (exact) mass is 460 g/mol. The minimum absolute atomic E-state index is 0.0426. The SMILES string of the molecule is Cc1ccc(C(=O)C2C(c3ccccc3)O/C(=N\S(=O)(=O)Cl)N2C2CCCCC2)cc1. The summed E-state index contributed by atoms with van der Waals surface area (Å²) in [6, 6.07) is 15.9. The normalized spacial score (nSPS) is 23.7. The van der Waals surface area contributed by atoms with Crippen LogP contribution < -0.4 is 0 Å². The van der Waals surface area contributed by atoms with Gasteiger partial charge in [0.2, 0.25) is 0 Å². The molecule has 164 valence electrons. The molecule has 6 nitrogen and oxygen atoms in total. The Balaban J connectivity index is 1.83. The van der Waals surface area contributed by atoms with Crippen LogP contribution in [0.3, 0.4) is 0 Å². The van der Waals surface area contributed by atoms with E-state index in [2.05, 4.69) is 4.40 Å². The first kappa shape index (κ1) is 21.8. The van der Waals surface area contributed by atoms with E-state index in [1.54, 1.807) is 17.0 Å². The number of nitrogens with zero attached hydrogens (tertiary/aromatic N) is 2. The second kappa shape index (κ2) is 9.01. The second-order valence-corrected chi connectivity index (χ2v) is 10.3. The zero-order valence-corrected chi connectivity index (χ0v) is 18.8. The molecule has 2 aromatic rings. The van der Waals surface area contributed by atoms with Crippen molar-refractivity contribution in [2.24, 2.45) is 4.40 Å². The smallest absolute Gasteiger partial charge is 0.344 e. The lowest BCUT2D eigenvalue weighted by molar-refractivity contribution is 0.0785. The summed E-state index contributed by atoms with van der Waals surface area (Å²) in [7, 11) is 1.24. The Bertz CT molecular complexity index is 1060. The van der Waals surface area contributed by atoms with Crippen molar-refractivity contribution in [3.63, 3.8) is 0 Å². The fourth-order valence-corrected chi connectivity index (χ4v) is 4.95. The van der Waals surface area contributed by atoms with Crippen LogP contribution in [0.4, 0.5) is 0 Å². The molecule has 0 amide bonds. The topological polar surface area (TPSA) is 76.0 Å². The van der Waals surface area contributed by atoms with Gasteiger partial charge in [-0.15, -0.1) is 0 Å². The Kier molecular flexibility index (Phi) is 6.34. The largest absolute Gasteiger partial charge is 0.453 e. The number of hydrogen-bond donors (Lipinski definition) is 0. The lowest BCUT2D eigenvalue weighted by Crippen LogP contribution is -2.48. The number of ether oxygens (including phenoxy) is 1. The number of Topliss-reactive ketones (excluding diaryl/α,β-unsaturated/α-hetero) is 1. The van der Waals surface area contributed by atoms with Gasteiger partial charge in [0.1, 0.15) is 6.04 Å². The van der Waals surface area contributed by atoms with Gasteiger partial charge >= 0.3 is 15.3 Å². The molecule has 0 bridgehead atoms.